The van der Waals surface area contributed by atoms with E-state index in [4.69, 9.17) is 15.6 Å². The summed E-state index contributed by atoms with van der Waals surface area (Å²) < 4.78 is 8.01. The zero-order chi connectivity index (χ0) is 23.6. The largest absolute Gasteiger partial charge is 0.457 e. The molecule has 0 saturated carbocycles. The predicted molar refractivity (Wildman–Crippen MR) is 136 cm³/mol. The summed E-state index contributed by atoms with van der Waals surface area (Å²) in [6.07, 6.45) is 7.58. The number of fused-ring (bicyclic) bond motifs is 1. The monoisotopic (exact) mass is 465 g/mol. The van der Waals surface area contributed by atoms with Crippen molar-refractivity contribution in [3.8, 4) is 22.8 Å². The number of ether oxygens (including phenoxy) is 1. The highest BCUT2D eigenvalue weighted by molar-refractivity contribution is 5.98. The molecule has 2 aromatic carbocycles. The van der Waals surface area contributed by atoms with Crippen molar-refractivity contribution >= 4 is 16.9 Å². The van der Waals surface area contributed by atoms with E-state index >= 15 is 0 Å². The molecular formula is C27H27N7O. The number of anilines is 1. The van der Waals surface area contributed by atoms with Gasteiger partial charge >= 0.3 is 0 Å². The number of benzene rings is 2. The van der Waals surface area contributed by atoms with Crippen LogP contribution in [0.25, 0.3) is 22.3 Å². The van der Waals surface area contributed by atoms with Crippen LogP contribution < -0.4 is 10.5 Å². The summed E-state index contributed by atoms with van der Waals surface area (Å²) in [7, 11) is 0. The molecule has 3 aromatic heterocycles. The lowest BCUT2D eigenvalue weighted by Crippen LogP contribution is -2.34. The number of hydrogen-bond acceptors (Lipinski definition) is 6. The summed E-state index contributed by atoms with van der Waals surface area (Å²) in [5, 5.41) is 5.83. The molecule has 0 unspecified atom stereocenters. The number of aromatic nitrogens is 5. The maximum atomic E-state index is 6.33. The number of likely N-dealkylation sites (tertiary alicyclic amines) is 1. The first kappa shape index (κ1) is 21.4. The summed E-state index contributed by atoms with van der Waals surface area (Å²) in [5.74, 6) is 2.02. The average Bonchev–Trinajstić information content (AvgIpc) is 3.55. The molecule has 0 bridgehead atoms. The summed E-state index contributed by atoms with van der Waals surface area (Å²) in [5.41, 5.74) is 10.2. The van der Waals surface area contributed by atoms with E-state index in [9.17, 15) is 0 Å². The molecule has 0 atom stereocenters. The Bertz CT molecular complexity index is 1400. The summed E-state index contributed by atoms with van der Waals surface area (Å²) in [6.45, 7) is 2.99. The van der Waals surface area contributed by atoms with Crippen LogP contribution in [0.15, 0.2) is 79.4 Å². The van der Waals surface area contributed by atoms with E-state index < -0.39 is 0 Å². The molecule has 3 N–H and O–H groups in total. The maximum absolute atomic E-state index is 6.33. The fourth-order valence-corrected chi connectivity index (χ4v) is 4.79. The van der Waals surface area contributed by atoms with Crippen molar-refractivity contribution < 1.29 is 4.74 Å². The molecule has 35 heavy (non-hydrogen) atoms. The van der Waals surface area contributed by atoms with E-state index in [2.05, 4.69) is 36.8 Å². The third-order valence-electron chi connectivity index (χ3n) is 6.60. The molecule has 1 saturated heterocycles. The van der Waals surface area contributed by atoms with Crippen LogP contribution in [0.5, 0.6) is 11.5 Å². The van der Waals surface area contributed by atoms with Gasteiger partial charge in [0.2, 0.25) is 0 Å². The lowest BCUT2D eigenvalue weighted by Gasteiger charge is -2.31. The van der Waals surface area contributed by atoms with Gasteiger partial charge < -0.3 is 15.5 Å². The number of piperidine rings is 1. The number of nitrogen functional groups attached to an aromatic ring is 1. The van der Waals surface area contributed by atoms with Crippen LogP contribution in [0.4, 0.5) is 5.82 Å². The van der Waals surface area contributed by atoms with Gasteiger partial charge in [0, 0.05) is 37.6 Å². The van der Waals surface area contributed by atoms with Gasteiger partial charge in [-0.15, -0.1) is 0 Å². The normalized spacial score (nSPS) is 15.0. The van der Waals surface area contributed by atoms with Gasteiger partial charge in [0.25, 0.3) is 0 Å². The number of nitrogens with two attached hydrogens (primary N) is 1. The molecule has 0 spiro atoms. The molecule has 1 aliphatic rings. The quantitative estimate of drug-likeness (QED) is 0.365. The molecule has 0 radical (unpaired) electrons. The third kappa shape index (κ3) is 4.36. The molecule has 1 aliphatic heterocycles. The van der Waals surface area contributed by atoms with E-state index in [1.807, 2.05) is 60.8 Å². The number of rotatable bonds is 6. The molecular weight excluding hydrogens is 438 g/mol. The Balaban J connectivity index is 1.26. The second-order valence-corrected chi connectivity index (χ2v) is 8.92. The number of hydrogen-bond donors (Lipinski definition) is 2. The molecule has 1 fully saturated rings. The van der Waals surface area contributed by atoms with Gasteiger partial charge in [-0.3, -0.25) is 4.90 Å². The van der Waals surface area contributed by atoms with Gasteiger partial charge in [0.15, 0.2) is 5.65 Å². The molecule has 4 heterocycles. The molecule has 176 valence electrons. The minimum atomic E-state index is 0.267. The van der Waals surface area contributed by atoms with Crippen molar-refractivity contribution in [2.75, 3.05) is 18.8 Å². The van der Waals surface area contributed by atoms with Crippen LogP contribution in [-0.2, 0) is 6.54 Å². The van der Waals surface area contributed by atoms with Crippen molar-refractivity contribution in [3.63, 3.8) is 0 Å². The number of H-pyrrole nitrogens is 1. The number of aromatic amines is 1. The molecule has 0 amide bonds. The Hall–Kier alpha value is -4.17. The second kappa shape index (κ2) is 9.23. The van der Waals surface area contributed by atoms with Gasteiger partial charge in [-0.25, -0.2) is 14.6 Å². The molecule has 5 aromatic rings. The lowest BCUT2D eigenvalue weighted by molar-refractivity contribution is 0.175. The van der Waals surface area contributed by atoms with Crippen LogP contribution >= 0.6 is 0 Å². The van der Waals surface area contributed by atoms with Gasteiger partial charge in [0.05, 0.1) is 11.4 Å². The van der Waals surface area contributed by atoms with Gasteiger partial charge in [-0.1, -0.05) is 18.2 Å². The SMILES string of the molecule is Nc1ncnc2c1c(-c1ccc(Oc3ccccc3)cc1)nn2C1CCN(Cc2cc[nH]c2)CC1. The van der Waals surface area contributed by atoms with Crippen LogP contribution in [0.3, 0.4) is 0 Å². The zero-order valence-electron chi connectivity index (χ0n) is 19.3. The van der Waals surface area contributed by atoms with E-state index in [1.165, 1.54) is 11.9 Å². The van der Waals surface area contributed by atoms with Crippen molar-refractivity contribution in [2.24, 2.45) is 0 Å². The number of nitrogens with zero attached hydrogens (tertiary/aromatic N) is 5. The Morgan fingerprint density at radius 3 is 2.46 bits per heavy atom. The smallest absolute Gasteiger partial charge is 0.164 e. The van der Waals surface area contributed by atoms with Crippen LogP contribution in [-0.4, -0.2) is 42.7 Å². The van der Waals surface area contributed by atoms with Gasteiger partial charge in [-0.2, -0.15) is 5.10 Å². The van der Waals surface area contributed by atoms with Crippen LogP contribution in [0.2, 0.25) is 0 Å². The predicted octanol–water partition coefficient (Wildman–Crippen LogP) is 5.03. The van der Waals surface area contributed by atoms with E-state index in [0.29, 0.717) is 5.82 Å². The Kier molecular flexibility index (Phi) is 5.64. The highest BCUT2D eigenvalue weighted by atomic mass is 16.5. The van der Waals surface area contributed by atoms with E-state index in [1.54, 1.807) is 0 Å². The highest BCUT2D eigenvalue weighted by Gasteiger charge is 2.26. The van der Waals surface area contributed by atoms with E-state index in [0.717, 1.165) is 66.3 Å². The van der Waals surface area contributed by atoms with E-state index in [-0.39, 0.29) is 6.04 Å². The summed E-state index contributed by atoms with van der Waals surface area (Å²) in [4.78, 5) is 14.5. The zero-order valence-corrected chi connectivity index (χ0v) is 19.3. The molecule has 8 heteroatoms. The minimum Gasteiger partial charge on any atom is -0.457 e. The molecule has 0 aliphatic carbocycles. The van der Waals surface area contributed by atoms with Crippen molar-refractivity contribution in [3.05, 3.63) is 84.9 Å². The van der Waals surface area contributed by atoms with Crippen LogP contribution in [0, 0.1) is 0 Å². The highest BCUT2D eigenvalue weighted by Crippen LogP contribution is 2.35. The van der Waals surface area contributed by atoms with Crippen LogP contribution in [0.1, 0.15) is 24.4 Å². The Labute approximate surface area is 203 Å². The fourth-order valence-electron chi connectivity index (χ4n) is 4.79. The molecule has 6 rings (SSSR count). The van der Waals surface area contributed by atoms with Crippen molar-refractivity contribution in [2.45, 2.75) is 25.4 Å². The summed E-state index contributed by atoms with van der Waals surface area (Å²) >= 11 is 0. The van der Waals surface area contributed by atoms with Crippen molar-refractivity contribution in [1.82, 2.24) is 29.6 Å². The molecule has 8 nitrogen and oxygen atoms in total. The maximum Gasteiger partial charge on any atom is 0.164 e. The number of nitrogens with one attached hydrogen (secondary N) is 1. The minimum absolute atomic E-state index is 0.267. The Morgan fingerprint density at radius 1 is 0.943 bits per heavy atom. The van der Waals surface area contributed by atoms with Gasteiger partial charge in [0.1, 0.15) is 29.3 Å². The van der Waals surface area contributed by atoms with Crippen molar-refractivity contribution in [1.29, 1.82) is 0 Å². The second-order valence-electron chi connectivity index (χ2n) is 8.92. The lowest BCUT2D eigenvalue weighted by atomic mass is 10.0. The first-order valence-electron chi connectivity index (χ1n) is 11.9. The van der Waals surface area contributed by atoms with Gasteiger partial charge in [-0.05, 0) is 60.9 Å². The standard InChI is InChI=1S/C27H27N7O/c28-26-24-25(20-6-8-23(9-7-20)35-22-4-2-1-3-5-22)32-34(27(24)31-18-30-26)21-11-14-33(15-12-21)17-19-10-13-29-16-19/h1-10,13,16,18,21,29H,11-12,14-15,17H2,(H2,28,30,31). The first-order chi connectivity index (χ1) is 17.2. The Morgan fingerprint density at radius 2 is 1.71 bits per heavy atom. The number of para-hydroxylation sites is 1. The topological polar surface area (TPSA) is 97.9 Å². The summed E-state index contributed by atoms with van der Waals surface area (Å²) in [6, 6.07) is 20.1. The fraction of sp³-hybridized carbons (Fsp3) is 0.222. The average molecular weight is 466 g/mol. The third-order valence-corrected chi connectivity index (χ3v) is 6.60. The first-order valence-corrected chi connectivity index (χ1v) is 11.9.